The van der Waals surface area contributed by atoms with E-state index in [1.807, 2.05) is 0 Å². The van der Waals surface area contributed by atoms with Crippen molar-refractivity contribution in [2.24, 2.45) is 0 Å². The zero-order valence-electron chi connectivity index (χ0n) is 14.6. The molecule has 0 saturated heterocycles. The van der Waals surface area contributed by atoms with Crippen molar-refractivity contribution in [3.63, 3.8) is 0 Å². The third-order valence-electron chi connectivity index (χ3n) is 3.99. The van der Waals surface area contributed by atoms with E-state index in [4.69, 9.17) is 7.92 Å². The third kappa shape index (κ3) is 25.1. The first-order valence-electron chi connectivity index (χ1n) is 9.19. The first-order chi connectivity index (χ1) is 10.8. The van der Waals surface area contributed by atoms with Crippen molar-refractivity contribution in [1.29, 1.82) is 0 Å². The van der Waals surface area contributed by atoms with Gasteiger partial charge in [-0.2, -0.15) is 0 Å². The zero-order chi connectivity index (χ0) is 16.9. The molecule has 0 bridgehead atoms. The van der Waals surface area contributed by atoms with Crippen molar-refractivity contribution < 1.29 is 37.4 Å². The van der Waals surface area contributed by atoms with E-state index in [9.17, 15) is 4.79 Å². The molecule has 0 aromatic rings. The van der Waals surface area contributed by atoms with Gasteiger partial charge in [-0.25, -0.2) is 0 Å². The molecular formula is C18H36O3Zr. The number of aliphatic carboxylic acids is 1. The minimum atomic E-state index is -0.653. The van der Waals surface area contributed by atoms with Crippen LogP contribution in [0.25, 0.3) is 0 Å². The number of hydrogen-bond acceptors (Lipinski definition) is 2. The van der Waals surface area contributed by atoms with Gasteiger partial charge >= 0.3 is 33.5 Å². The zero-order valence-corrected chi connectivity index (χ0v) is 17.0. The molecule has 0 aromatic heterocycles. The summed E-state index contributed by atoms with van der Waals surface area (Å²) < 4.78 is 8.34. The van der Waals surface area contributed by atoms with E-state index in [0.717, 1.165) is 12.8 Å². The molecule has 3 nitrogen and oxygen atoms in total. The van der Waals surface area contributed by atoms with Crippen LogP contribution in [0.5, 0.6) is 0 Å². The summed E-state index contributed by atoms with van der Waals surface area (Å²) in [5.41, 5.74) is 0. The predicted molar refractivity (Wildman–Crippen MR) is 87.9 cm³/mol. The Bertz CT molecular complexity index is 222. The Hall–Kier alpha value is 0.153. The summed E-state index contributed by atoms with van der Waals surface area (Å²) in [5, 5.41) is 8.52. The number of hydrogen-bond donors (Lipinski definition) is 1. The van der Waals surface area contributed by atoms with Crippen molar-refractivity contribution in [1.82, 2.24) is 0 Å². The van der Waals surface area contributed by atoms with Crippen molar-refractivity contribution in [3.05, 3.63) is 0 Å². The van der Waals surface area contributed by atoms with E-state index >= 15 is 0 Å². The molecule has 0 aliphatic rings. The molecule has 130 valence electrons. The van der Waals surface area contributed by atoms with Crippen LogP contribution in [0.4, 0.5) is 0 Å². The van der Waals surface area contributed by atoms with Crippen molar-refractivity contribution in [2.45, 2.75) is 110 Å². The molecular weight excluding hydrogens is 355 g/mol. The fourth-order valence-corrected chi connectivity index (χ4v) is 2.65. The van der Waals surface area contributed by atoms with E-state index in [1.54, 1.807) is 0 Å². The fourth-order valence-electron chi connectivity index (χ4n) is 2.65. The van der Waals surface area contributed by atoms with Crippen molar-refractivity contribution in [3.8, 4) is 0 Å². The molecule has 4 heteroatoms. The Morgan fingerprint density at radius 3 is 1.18 bits per heavy atom. The van der Waals surface area contributed by atoms with Gasteiger partial charge in [-0.05, 0) is 6.42 Å². The Balaban J connectivity index is 0. The number of carbonyl (C=O) groups is 1. The first kappa shape index (κ1) is 24.4. The van der Waals surface area contributed by atoms with Crippen LogP contribution in [0, 0.1) is 0 Å². The topological polar surface area (TPSA) is 54.4 Å². The van der Waals surface area contributed by atoms with Crippen molar-refractivity contribution in [2.75, 3.05) is 0 Å². The van der Waals surface area contributed by atoms with E-state index in [0.29, 0.717) is 31.1 Å². The van der Waals surface area contributed by atoms with Crippen LogP contribution in [0.3, 0.4) is 0 Å². The Labute approximate surface area is 152 Å². The molecule has 0 heterocycles. The Kier molecular flexibility index (Phi) is 26.0. The standard InChI is InChI=1S/C18H36O2.O.Zr/c1-2-3-4-5-6-7-8-9-10-11-12-13-14-15-16-17-18(19)20;;/h2-17H2,1H3,(H,19,20);;. The number of carboxylic acids is 1. The second-order valence-electron chi connectivity index (χ2n) is 6.09. The minimum absolute atomic E-state index is 0.300. The van der Waals surface area contributed by atoms with Crippen LogP contribution in [0.2, 0.25) is 0 Å². The van der Waals surface area contributed by atoms with Gasteiger partial charge in [0.05, 0.1) is 0 Å². The van der Waals surface area contributed by atoms with Crippen LogP contribution in [-0.2, 0) is 32.3 Å². The summed E-state index contributed by atoms with van der Waals surface area (Å²) in [5.74, 6) is -0.653. The number of carboxylic acid groups (broad SMARTS) is 1. The molecule has 0 saturated carbocycles. The van der Waals surface area contributed by atoms with Crippen LogP contribution in [-0.4, -0.2) is 11.1 Å². The molecule has 0 amide bonds. The molecule has 0 aromatic carbocycles. The molecule has 0 unspecified atom stereocenters. The van der Waals surface area contributed by atoms with Crippen LogP contribution in [0.1, 0.15) is 110 Å². The SMILES string of the molecule is CCCCCCCCCCCCCCCCCC(=O)O.[O]=[Zr]. The summed E-state index contributed by atoms with van der Waals surface area (Å²) in [6, 6.07) is 0. The second kappa shape index (κ2) is 23.4. The van der Waals surface area contributed by atoms with E-state index in [1.165, 1.54) is 83.5 Å². The van der Waals surface area contributed by atoms with Crippen LogP contribution < -0.4 is 0 Å². The summed E-state index contributed by atoms with van der Waals surface area (Å²) in [6.45, 7) is 2.27. The van der Waals surface area contributed by atoms with E-state index in [2.05, 4.69) is 6.92 Å². The Morgan fingerprint density at radius 2 is 0.909 bits per heavy atom. The summed E-state index contributed by atoms with van der Waals surface area (Å²) >= 11 is 0.300. The fraction of sp³-hybridized carbons (Fsp3) is 0.944. The maximum absolute atomic E-state index is 10.3. The molecule has 1 N–H and O–H groups in total. The maximum atomic E-state index is 10.3. The summed E-state index contributed by atoms with van der Waals surface area (Å²) in [7, 11) is 0. The van der Waals surface area contributed by atoms with E-state index in [-0.39, 0.29) is 0 Å². The van der Waals surface area contributed by atoms with Crippen LogP contribution in [0.15, 0.2) is 0 Å². The molecule has 0 fully saturated rings. The third-order valence-corrected chi connectivity index (χ3v) is 3.99. The Morgan fingerprint density at radius 1 is 0.636 bits per heavy atom. The monoisotopic (exact) mass is 390 g/mol. The molecule has 0 radical (unpaired) electrons. The second-order valence-corrected chi connectivity index (χ2v) is 6.09. The quantitative estimate of drug-likeness (QED) is 0.318. The molecule has 0 aliphatic carbocycles. The first-order valence-corrected chi connectivity index (χ1v) is 10.2. The van der Waals surface area contributed by atoms with Gasteiger partial charge in [0.15, 0.2) is 0 Å². The van der Waals surface area contributed by atoms with Gasteiger partial charge in [0.1, 0.15) is 0 Å². The van der Waals surface area contributed by atoms with Crippen LogP contribution >= 0.6 is 0 Å². The van der Waals surface area contributed by atoms with Gasteiger partial charge in [-0.1, -0.05) is 96.8 Å². The van der Waals surface area contributed by atoms with Gasteiger partial charge < -0.3 is 5.11 Å². The summed E-state index contributed by atoms with van der Waals surface area (Å²) in [6.07, 6.45) is 20.2. The average molecular weight is 392 g/mol. The van der Waals surface area contributed by atoms with Crippen molar-refractivity contribution >= 4 is 5.97 Å². The van der Waals surface area contributed by atoms with Gasteiger partial charge in [-0.15, -0.1) is 0 Å². The summed E-state index contributed by atoms with van der Waals surface area (Å²) in [4.78, 5) is 10.3. The molecule has 22 heavy (non-hydrogen) atoms. The van der Waals surface area contributed by atoms with Gasteiger partial charge in [0, 0.05) is 6.42 Å². The number of unbranched alkanes of at least 4 members (excludes halogenated alkanes) is 14. The van der Waals surface area contributed by atoms with Gasteiger partial charge in [0.25, 0.3) is 0 Å². The van der Waals surface area contributed by atoms with Gasteiger partial charge in [0.2, 0.25) is 0 Å². The van der Waals surface area contributed by atoms with E-state index < -0.39 is 5.97 Å². The molecule has 0 spiro atoms. The predicted octanol–water partition coefficient (Wildman–Crippen LogP) is 6.21. The molecule has 0 atom stereocenters. The average Bonchev–Trinajstić information content (AvgIpc) is 2.53. The molecule has 0 rings (SSSR count). The normalized spacial score (nSPS) is 10.0. The van der Waals surface area contributed by atoms with Gasteiger partial charge in [-0.3, -0.25) is 4.79 Å². The molecule has 0 aliphatic heterocycles. The number of rotatable bonds is 16.